The van der Waals surface area contributed by atoms with Gasteiger partial charge in [0.05, 0.1) is 14.2 Å². The molecule has 134 valence electrons. The monoisotopic (exact) mass is 341 g/mol. The van der Waals surface area contributed by atoms with Crippen LogP contribution in [0.25, 0.3) is 0 Å². The number of benzene rings is 2. The predicted molar refractivity (Wildman–Crippen MR) is 103 cm³/mol. The topological polar surface area (TPSA) is 46.1 Å². The summed E-state index contributed by atoms with van der Waals surface area (Å²) in [7, 11) is 7.15. The minimum Gasteiger partial charge on any atom is -0.493 e. The van der Waals surface area contributed by atoms with Crippen LogP contribution in [0.2, 0.25) is 0 Å². The second-order valence-electron chi connectivity index (χ2n) is 5.75. The SMILES string of the molecule is CN=C(NCc1ccccc1)N(C)CCc1ccc(OC)c(OC)c1. The average molecular weight is 341 g/mol. The number of nitrogens with one attached hydrogen (secondary N) is 1. The van der Waals surface area contributed by atoms with E-state index < -0.39 is 0 Å². The fourth-order valence-electron chi connectivity index (χ4n) is 2.60. The lowest BCUT2D eigenvalue weighted by Crippen LogP contribution is -2.39. The summed E-state index contributed by atoms with van der Waals surface area (Å²) >= 11 is 0. The number of methoxy groups -OCH3 is 2. The van der Waals surface area contributed by atoms with Crippen molar-refractivity contribution in [2.24, 2.45) is 4.99 Å². The maximum atomic E-state index is 5.37. The Bertz CT molecular complexity index is 687. The van der Waals surface area contributed by atoms with Crippen LogP contribution in [0.15, 0.2) is 53.5 Å². The molecule has 2 aromatic carbocycles. The van der Waals surface area contributed by atoms with E-state index in [1.807, 2.05) is 37.4 Å². The first kappa shape index (κ1) is 18.6. The van der Waals surface area contributed by atoms with Gasteiger partial charge in [0.25, 0.3) is 0 Å². The van der Waals surface area contributed by atoms with E-state index in [-0.39, 0.29) is 0 Å². The van der Waals surface area contributed by atoms with Crippen LogP contribution in [0.3, 0.4) is 0 Å². The Labute approximate surface area is 150 Å². The Morgan fingerprint density at radius 1 is 1.00 bits per heavy atom. The summed E-state index contributed by atoms with van der Waals surface area (Å²) in [6, 6.07) is 16.3. The zero-order valence-corrected chi connectivity index (χ0v) is 15.5. The van der Waals surface area contributed by atoms with E-state index in [1.54, 1.807) is 21.3 Å². The van der Waals surface area contributed by atoms with Gasteiger partial charge in [-0.2, -0.15) is 0 Å². The van der Waals surface area contributed by atoms with Gasteiger partial charge >= 0.3 is 0 Å². The van der Waals surface area contributed by atoms with Gasteiger partial charge in [-0.1, -0.05) is 36.4 Å². The van der Waals surface area contributed by atoms with Crippen molar-refractivity contribution in [2.75, 3.05) is 34.9 Å². The Balaban J connectivity index is 1.90. The van der Waals surface area contributed by atoms with Crippen molar-refractivity contribution in [3.63, 3.8) is 0 Å². The highest BCUT2D eigenvalue weighted by Gasteiger charge is 2.08. The fourth-order valence-corrected chi connectivity index (χ4v) is 2.60. The minimum atomic E-state index is 0.750. The van der Waals surface area contributed by atoms with Crippen LogP contribution in [-0.2, 0) is 13.0 Å². The number of nitrogens with zero attached hydrogens (tertiary/aromatic N) is 2. The molecule has 0 saturated heterocycles. The Kier molecular flexibility index (Phi) is 7.14. The summed E-state index contributed by atoms with van der Waals surface area (Å²) in [4.78, 5) is 6.49. The van der Waals surface area contributed by atoms with Crippen LogP contribution in [0.5, 0.6) is 11.5 Å². The third-order valence-corrected chi connectivity index (χ3v) is 4.05. The van der Waals surface area contributed by atoms with E-state index in [2.05, 4.69) is 33.4 Å². The van der Waals surface area contributed by atoms with E-state index in [0.717, 1.165) is 37.0 Å². The molecule has 0 aromatic heterocycles. The number of ether oxygens (including phenoxy) is 2. The van der Waals surface area contributed by atoms with Gasteiger partial charge in [-0.15, -0.1) is 0 Å². The summed E-state index contributed by atoms with van der Waals surface area (Å²) in [5, 5.41) is 3.39. The van der Waals surface area contributed by atoms with Gasteiger partial charge in [0.1, 0.15) is 0 Å². The maximum absolute atomic E-state index is 5.37. The molecule has 0 fully saturated rings. The Morgan fingerprint density at radius 2 is 1.72 bits per heavy atom. The molecular formula is C20H27N3O2. The molecule has 1 N–H and O–H groups in total. The number of aliphatic imine (C=N–C) groups is 1. The molecule has 2 rings (SSSR count). The first-order chi connectivity index (χ1) is 12.2. The highest BCUT2D eigenvalue weighted by Crippen LogP contribution is 2.27. The molecule has 0 aliphatic heterocycles. The van der Waals surface area contributed by atoms with Gasteiger partial charge in [0.2, 0.25) is 0 Å². The summed E-state index contributed by atoms with van der Waals surface area (Å²) in [6.45, 7) is 1.61. The summed E-state index contributed by atoms with van der Waals surface area (Å²) in [5.41, 5.74) is 2.43. The van der Waals surface area contributed by atoms with Crippen LogP contribution < -0.4 is 14.8 Å². The van der Waals surface area contributed by atoms with Crippen LogP contribution in [0.1, 0.15) is 11.1 Å². The second-order valence-corrected chi connectivity index (χ2v) is 5.75. The lowest BCUT2D eigenvalue weighted by Gasteiger charge is -2.22. The molecule has 0 radical (unpaired) electrons. The summed E-state index contributed by atoms with van der Waals surface area (Å²) < 4.78 is 10.6. The predicted octanol–water partition coefficient (Wildman–Crippen LogP) is 2.95. The Morgan fingerprint density at radius 3 is 2.36 bits per heavy atom. The fraction of sp³-hybridized carbons (Fsp3) is 0.350. The number of rotatable bonds is 7. The lowest BCUT2D eigenvalue weighted by atomic mass is 10.1. The molecule has 0 aliphatic carbocycles. The van der Waals surface area contributed by atoms with Gasteiger partial charge in [-0.25, -0.2) is 0 Å². The van der Waals surface area contributed by atoms with Crippen molar-refractivity contribution < 1.29 is 9.47 Å². The molecule has 0 spiro atoms. The molecule has 0 heterocycles. The smallest absolute Gasteiger partial charge is 0.193 e. The first-order valence-electron chi connectivity index (χ1n) is 8.34. The van der Waals surface area contributed by atoms with Gasteiger partial charge in [-0.05, 0) is 29.7 Å². The van der Waals surface area contributed by atoms with Crippen LogP contribution in [-0.4, -0.2) is 45.7 Å². The number of hydrogen-bond donors (Lipinski definition) is 1. The Hall–Kier alpha value is -2.69. The number of hydrogen-bond acceptors (Lipinski definition) is 3. The van der Waals surface area contributed by atoms with E-state index >= 15 is 0 Å². The largest absolute Gasteiger partial charge is 0.493 e. The van der Waals surface area contributed by atoms with Crippen molar-refractivity contribution in [3.05, 3.63) is 59.7 Å². The molecule has 0 unspecified atom stereocenters. The standard InChI is InChI=1S/C20H27N3O2/c1-21-20(22-15-17-8-6-5-7-9-17)23(2)13-12-16-10-11-18(24-3)19(14-16)25-4/h5-11,14H,12-13,15H2,1-4H3,(H,21,22). The van der Waals surface area contributed by atoms with Crippen LogP contribution in [0, 0.1) is 0 Å². The number of likely N-dealkylation sites (N-methyl/N-ethyl adjacent to an activating group) is 1. The van der Waals surface area contributed by atoms with Crippen LogP contribution >= 0.6 is 0 Å². The second kappa shape index (κ2) is 9.57. The summed E-state index contributed by atoms with van der Waals surface area (Å²) in [5.74, 6) is 2.39. The van der Waals surface area contributed by atoms with Gasteiger partial charge < -0.3 is 19.7 Å². The molecule has 0 atom stereocenters. The number of guanidine groups is 1. The molecule has 0 aliphatic rings. The highest BCUT2D eigenvalue weighted by molar-refractivity contribution is 5.79. The van der Waals surface area contributed by atoms with Gasteiger partial charge in [0, 0.05) is 27.2 Å². The lowest BCUT2D eigenvalue weighted by molar-refractivity contribution is 0.354. The van der Waals surface area contributed by atoms with Crippen molar-refractivity contribution >= 4 is 5.96 Å². The zero-order valence-electron chi connectivity index (χ0n) is 15.5. The van der Waals surface area contributed by atoms with Crippen molar-refractivity contribution in [3.8, 4) is 11.5 Å². The zero-order chi connectivity index (χ0) is 18.1. The minimum absolute atomic E-state index is 0.750. The molecule has 5 nitrogen and oxygen atoms in total. The van der Waals surface area contributed by atoms with Gasteiger partial charge in [-0.3, -0.25) is 4.99 Å². The normalized spacial score (nSPS) is 11.1. The maximum Gasteiger partial charge on any atom is 0.193 e. The van der Waals surface area contributed by atoms with E-state index in [4.69, 9.17) is 9.47 Å². The van der Waals surface area contributed by atoms with E-state index in [0.29, 0.717) is 0 Å². The first-order valence-corrected chi connectivity index (χ1v) is 8.34. The van der Waals surface area contributed by atoms with Crippen molar-refractivity contribution in [2.45, 2.75) is 13.0 Å². The molecule has 5 heteroatoms. The summed E-state index contributed by atoms with van der Waals surface area (Å²) in [6.07, 6.45) is 0.892. The van der Waals surface area contributed by atoms with Gasteiger partial charge in [0.15, 0.2) is 17.5 Å². The van der Waals surface area contributed by atoms with E-state index in [9.17, 15) is 0 Å². The van der Waals surface area contributed by atoms with Crippen molar-refractivity contribution in [1.29, 1.82) is 0 Å². The highest BCUT2D eigenvalue weighted by atomic mass is 16.5. The quantitative estimate of drug-likeness (QED) is 0.621. The van der Waals surface area contributed by atoms with Crippen LogP contribution in [0.4, 0.5) is 0 Å². The third kappa shape index (κ3) is 5.41. The molecule has 25 heavy (non-hydrogen) atoms. The molecule has 2 aromatic rings. The molecule has 0 saturated carbocycles. The molecular weight excluding hydrogens is 314 g/mol. The van der Waals surface area contributed by atoms with E-state index in [1.165, 1.54) is 11.1 Å². The van der Waals surface area contributed by atoms with Crippen molar-refractivity contribution in [1.82, 2.24) is 10.2 Å². The molecule has 0 amide bonds. The average Bonchev–Trinajstić information content (AvgIpc) is 2.67. The molecule has 0 bridgehead atoms. The third-order valence-electron chi connectivity index (χ3n) is 4.05.